The lowest BCUT2D eigenvalue weighted by Crippen LogP contribution is -2.24. The fraction of sp³-hybridized carbons (Fsp3) is 0.571. The van der Waals surface area contributed by atoms with Crippen molar-refractivity contribution in [1.29, 1.82) is 0 Å². The van der Waals surface area contributed by atoms with E-state index in [1.54, 1.807) is 0 Å². The minimum atomic E-state index is 0.496. The quantitative estimate of drug-likeness (QED) is 0.933. The average molecular weight is 276 g/mol. The van der Waals surface area contributed by atoms with Crippen molar-refractivity contribution in [3.8, 4) is 10.8 Å². The van der Waals surface area contributed by atoms with E-state index in [-0.39, 0.29) is 0 Å². The Labute approximate surface area is 117 Å². The van der Waals surface area contributed by atoms with Gasteiger partial charge in [0.25, 0.3) is 0 Å². The van der Waals surface area contributed by atoms with Gasteiger partial charge in [0.05, 0.1) is 5.69 Å². The number of nitrogens with zero attached hydrogens (tertiary/aromatic N) is 3. The van der Waals surface area contributed by atoms with Crippen LogP contribution < -0.4 is 5.32 Å². The third-order valence-corrected chi connectivity index (χ3v) is 4.81. The molecule has 4 nitrogen and oxygen atoms in total. The molecule has 2 aromatic heterocycles. The van der Waals surface area contributed by atoms with E-state index in [4.69, 9.17) is 4.98 Å². The summed E-state index contributed by atoms with van der Waals surface area (Å²) in [5.41, 5.74) is 1.28. The van der Waals surface area contributed by atoms with Crippen LogP contribution in [-0.4, -0.2) is 21.1 Å². The monoisotopic (exact) mass is 276 g/mol. The van der Waals surface area contributed by atoms with Gasteiger partial charge in [-0.25, -0.2) is 9.97 Å². The van der Waals surface area contributed by atoms with Crippen LogP contribution in [0.15, 0.2) is 12.4 Å². The molecule has 102 valence electrons. The lowest BCUT2D eigenvalue weighted by atomic mass is 9.98. The Hall–Kier alpha value is -1.20. The summed E-state index contributed by atoms with van der Waals surface area (Å²) in [4.78, 5) is 10.6. The zero-order valence-corrected chi connectivity index (χ0v) is 12.3. The van der Waals surface area contributed by atoms with Gasteiger partial charge < -0.3 is 9.88 Å². The summed E-state index contributed by atoms with van der Waals surface area (Å²) >= 11 is 1.81. The maximum Gasteiger partial charge on any atom is 0.168 e. The van der Waals surface area contributed by atoms with Crippen LogP contribution in [0.3, 0.4) is 0 Å². The van der Waals surface area contributed by atoms with E-state index in [2.05, 4.69) is 17.2 Å². The molecular weight excluding hydrogens is 256 g/mol. The summed E-state index contributed by atoms with van der Waals surface area (Å²) in [7, 11) is 2.02. The molecular formula is C14H20N4S. The molecule has 19 heavy (non-hydrogen) atoms. The van der Waals surface area contributed by atoms with Gasteiger partial charge in [0.1, 0.15) is 0 Å². The third kappa shape index (κ3) is 2.44. The Morgan fingerprint density at radius 2 is 2.42 bits per heavy atom. The van der Waals surface area contributed by atoms with Gasteiger partial charge in [0.2, 0.25) is 0 Å². The van der Waals surface area contributed by atoms with Crippen LogP contribution >= 0.6 is 11.3 Å². The second-order valence-corrected chi connectivity index (χ2v) is 6.12. The Balaban J connectivity index is 1.91. The second-order valence-electron chi connectivity index (χ2n) is 5.09. The number of thiazole rings is 1. The van der Waals surface area contributed by atoms with Gasteiger partial charge in [-0.15, -0.1) is 11.3 Å². The van der Waals surface area contributed by atoms with Gasteiger partial charge in [0.15, 0.2) is 10.8 Å². The number of hydrogen-bond donors (Lipinski definition) is 1. The van der Waals surface area contributed by atoms with Crippen molar-refractivity contribution >= 4 is 11.3 Å². The van der Waals surface area contributed by atoms with Gasteiger partial charge in [-0.05, 0) is 32.2 Å². The molecule has 0 fully saturated rings. The van der Waals surface area contributed by atoms with Crippen LogP contribution in [0.1, 0.15) is 42.8 Å². The standard InChI is InChI=1S/C14H20N4S/c1-3-7-15-10-5-4-6-11-12(10)19-14(17-11)13-16-8-9-18(13)2/h8-10,15H,3-7H2,1-2H3. The number of aryl methyl sites for hydroxylation is 2. The molecule has 0 radical (unpaired) electrons. The molecule has 0 aromatic carbocycles. The van der Waals surface area contributed by atoms with Crippen molar-refractivity contribution in [1.82, 2.24) is 19.9 Å². The van der Waals surface area contributed by atoms with Crippen LogP contribution in [0, 0.1) is 0 Å². The van der Waals surface area contributed by atoms with E-state index in [0.717, 1.165) is 23.8 Å². The lowest BCUT2D eigenvalue weighted by molar-refractivity contribution is 0.465. The first-order chi connectivity index (χ1) is 9.29. The molecule has 0 saturated carbocycles. The van der Waals surface area contributed by atoms with Gasteiger partial charge in [-0.1, -0.05) is 6.92 Å². The van der Waals surface area contributed by atoms with Crippen molar-refractivity contribution in [3.05, 3.63) is 23.0 Å². The van der Waals surface area contributed by atoms with Crippen molar-refractivity contribution in [2.45, 2.75) is 38.6 Å². The maximum absolute atomic E-state index is 4.81. The maximum atomic E-state index is 4.81. The molecule has 0 saturated heterocycles. The Kier molecular flexibility index (Phi) is 3.66. The normalized spacial score (nSPS) is 18.5. The number of imidazole rings is 1. The van der Waals surface area contributed by atoms with Crippen LogP contribution in [0.25, 0.3) is 10.8 Å². The average Bonchev–Trinajstić information content (AvgIpc) is 3.01. The first-order valence-electron chi connectivity index (χ1n) is 7.00. The number of fused-ring (bicyclic) bond motifs is 1. The summed E-state index contributed by atoms with van der Waals surface area (Å²) < 4.78 is 2.04. The highest BCUT2D eigenvalue weighted by Gasteiger charge is 2.25. The smallest absolute Gasteiger partial charge is 0.168 e. The summed E-state index contributed by atoms with van der Waals surface area (Å²) in [5, 5.41) is 4.70. The molecule has 1 N–H and O–H groups in total. The Morgan fingerprint density at radius 1 is 1.53 bits per heavy atom. The zero-order chi connectivity index (χ0) is 13.2. The molecule has 0 aliphatic heterocycles. The van der Waals surface area contributed by atoms with Gasteiger partial charge in [0, 0.05) is 30.4 Å². The number of hydrogen-bond acceptors (Lipinski definition) is 4. The lowest BCUT2D eigenvalue weighted by Gasteiger charge is -2.22. The van der Waals surface area contributed by atoms with Gasteiger partial charge >= 0.3 is 0 Å². The van der Waals surface area contributed by atoms with Crippen LogP contribution in [-0.2, 0) is 13.5 Å². The molecule has 2 aromatic rings. The van der Waals surface area contributed by atoms with E-state index in [0.29, 0.717) is 6.04 Å². The summed E-state index contributed by atoms with van der Waals surface area (Å²) in [6.45, 7) is 3.29. The zero-order valence-electron chi connectivity index (χ0n) is 11.5. The fourth-order valence-corrected chi connectivity index (χ4v) is 3.86. The molecule has 2 heterocycles. The van der Waals surface area contributed by atoms with Crippen molar-refractivity contribution in [2.75, 3.05) is 6.54 Å². The highest BCUT2D eigenvalue weighted by molar-refractivity contribution is 7.15. The largest absolute Gasteiger partial charge is 0.332 e. The molecule has 1 atom stereocenters. The number of rotatable bonds is 4. The van der Waals surface area contributed by atoms with E-state index in [1.807, 2.05) is 35.3 Å². The Morgan fingerprint density at radius 3 is 3.16 bits per heavy atom. The summed E-state index contributed by atoms with van der Waals surface area (Å²) in [5.74, 6) is 0.980. The highest BCUT2D eigenvalue weighted by atomic mass is 32.1. The van der Waals surface area contributed by atoms with E-state index < -0.39 is 0 Å². The van der Waals surface area contributed by atoms with Crippen molar-refractivity contribution in [2.24, 2.45) is 7.05 Å². The topological polar surface area (TPSA) is 42.7 Å². The van der Waals surface area contributed by atoms with E-state index >= 15 is 0 Å². The molecule has 0 bridgehead atoms. The third-order valence-electron chi connectivity index (χ3n) is 3.60. The predicted molar refractivity (Wildman–Crippen MR) is 78.3 cm³/mol. The predicted octanol–water partition coefficient (Wildman–Crippen LogP) is 2.92. The Bertz CT molecular complexity index is 558. The first-order valence-corrected chi connectivity index (χ1v) is 7.82. The molecule has 1 aliphatic carbocycles. The first kappa shape index (κ1) is 12.8. The number of nitrogens with one attached hydrogen (secondary N) is 1. The molecule has 1 aliphatic rings. The summed E-state index contributed by atoms with van der Waals surface area (Å²) in [6.07, 6.45) is 8.57. The second kappa shape index (κ2) is 5.43. The van der Waals surface area contributed by atoms with E-state index in [1.165, 1.54) is 29.8 Å². The SMILES string of the molecule is CCCNC1CCCc2nc(-c3nccn3C)sc21. The van der Waals surface area contributed by atoms with Crippen LogP contribution in [0.5, 0.6) is 0 Å². The molecule has 1 unspecified atom stereocenters. The molecule has 3 rings (SSSR count). The number of aromatic nitrogens is 3. The van der Waals surface area contributed by atoms with Crippen molar-refractivity contribution in [3.63, 3.8) is 0 Å². The minimum absolute atomic E-state index is 0.496. The van der Waals surface area contributed by atoms with Crippen molar-refractivity contribution < 1.29 is 0 Å². The molecule has 0 spiro atoms. The van der Waals surface area contributed by atoms with Crippen LogP contribution in [0.2, 0.25) is 0 Å². The van der Waals surface area contributed by atoms with Crippen LogP contribution in [0.4, 0.5) is 0 Å². The highest BCUT2D eigenvalue weighted by Crippen LogP contribution is 2.37. The fourth-order valence-electron chi connectivity index (χ4n) is 2.60. The molecule has 0 amide bonds. The molecule has 5 heteroatoms. The summed E-state index contributed by atoms with van der Waals surface area (Å²) in [6, 6.07) is 0.496. The minimum Gasteiger partial charge on any atom is -0.332 e. The van der Waals surface area contributed by atoms with Gasteiger partial charge in [-0.3, -0.25) is 0 Å². The van der Waals surface area contributed by atoms with Gasteiger partial charge in [-0.2, -0.15) is 0 Å². The van der Waals surface area contributed by atoms with E-state index in [9.17, 15) is 0 Å².